The molecule has 8 atom stereocenters. The summed E-state index contributed by atoms with van der Waals surface area (Å²) in [5.41, 5.74) is 0. The van der Waals surface area contributed by atoms with Gasteiger partial charge in [-0.05, 0) is 85.9 Å². The molecule has 3 fully saturated rings. The average molecular weight is 389 g/mol. The van der Waals surface area contributed by atoms with Gasteiger partial charge in [-0.15, -0.1) is 0 Å². The van der Waals surface area contributed by atoms with E-state index in [-0.39, 0.29) is 11.9 Å². The summed E-state index contributed by atoms with van der Waals surface area (Å²) in [5.74, 6) is 5.76. The van der Waals surface area contributed by atoms with Crippen LogP contribution in [0.2, 0.25) is 0 Å². The summed E-state index contributed by atoms with van der Waals surface area (Å²) in [6.07, 6.45) is 12.3. The first kappa shape index (κ1) is 20.0. The number of carbonyl (C=O) groups excluding carboxylic acids is 2. The van der Waals surface area contributed by atoms with Gasteiger partial charge in [-0.1, -0.05) is 26.0 Å². The maximum Gasteiger partial charge on any atom is 0.305 e. The molecule has 0 aromatic carbocycles. The van der Waals surface area contributed by atoms with Gasteiger partial charge in [0.1, 0.15) is 0 Å². The SMILES string of the molecule is CCCOC(=O)CCC1C(CCC(=O)OCCC)C2CC1C1C3C=CC(C3)C21. The van der Waals surface area contributed by atoms with E-state index < -0.39 is 0 Å². The number of hydrogen-bond acceptors (Lipinski definition) is 4. The molecule has 4 aliphatic carbocycles. The minimum absolute atomic E-state index is 0.0462. The first-order chi connectivity index (χ1) is 13.6. The molecule has 4 nitrogen and oxygen atoms in total. The van der Waals surface area contributed by atoms with E-state index in [9.17, 15) is 9.59 Å². The Bertz CT molecular complexity index is 562. The van der Waals surface area contributed by atoms with E-state index in [1.807, 2.05) is 13.8 Å². The Kier molecular flexibility index (Phi) is 6.13. The quantitative estimate of drug-likeness (QED) is 0.307. The van der Waals surface area contributed by atoms with Crippen LogP contribution in [-0.2, 0) is 19.1 Å². The topological polar surface area (TPSA) is 52.6 Å². The van der Waals surface area contributed by atoms with E-state index in [4.69, 9.17) is 9.47 Å². The number of hydrogen-bond donors (Lipinski definition) is 0. The third kappa shape index (κ3) is 3.64. The molecule has 0 saturated heterocycles. The van der Waals surface area contributed by atoms with Crippen molar-refractivity contribution in [1.29, 1.82) is 0 Å². The van der Waals surface area contributed by atoms with Crippen molar-refractivity contribution < 1.29 is 19.1 Å². The van der Waals surface area contributed by atoms with Gasteiger partial charge in [-0.25, -0.2) is 0 Å². The van der Waals surface area contributed by atoms with Gasteiger partial charge in [-0.3, -0.25) is 9.59 Å². The second-order valence-corrected chi connectivity index (χ2v) is 9.51. The second kappa shape index (κ2) is 8.59. The second-order valence-electron chi connectivity index (χ2n) is 9.51. The minimum atomic E-state index is -0.0462. The molecule has 156 valence electrons. The molecule has 4 rings (SSSR count). The predicted octanol–water partition coefficient (Wildman–Crippen LogP) is 4.77. The highest BCUT2D eigenvalue weighted by Gasteiger charge is 2.63. The van der Waals surface area contributed by atoms with Crippen LogP contribution in [0.3, 0.4) is 0 Å². The summed E-state index contributed by atoms with van der Waals surface area (Å²) in [4.78, 5) is 24.2. The summed E-state index contributed by atoms with van der Waals surface area (Å²) < 4.78 is 10.6. The van der Waals surface area contributed by atoms with Crippen molar-refractivity contribution in [2.45, 2.75) is 65.2 Å². The molecular weight excluding hydrogens is 352 g/mol. The van der Waals surface area contributed by atoms with Crippen molar-refractivity contribution in [2.24, 2.45) is 47.3 Å². The number of esters is 2. The first-order valence-corrected chi connectivity index (χ1v) is 11.6. The highest BCUT2D eigenvalue weighted by molar-refractivity contribution is 5.69. The molecular formula is C24H36O4. The number of carbonyl (C=O) groups is 2. The molecule has 0 aromatic rings. The molecule has 3 saturated carbocycles. The molecule has 28 heavy (non-hydrogen) atoms. The Morgan fingerprint density at radius 2 is 1.25 bits per heavy atom. The molecule has 0 aromatic heterocycles. The van der Waals surface area contributed by atoms with Crippen LogP contribution in [0.15, 0.2) is 12.2 Å². The zero-order chi connectivity index (χ0) is 19.7. The Morgan fingerprint density at radius 1 is 0.786 bits per heavy atom. The zero-order valence-electron chi connectivity index (χ0n) is 17.5. The van der Waals surface area contributed by atoms with Crippen molar-refractivity contribution in [3.8, 4) is 0 Å². The number of fused-ring (bicyclic) bond motifs is 9. The normalized spacial score (nSPS) is 39.4. The number of ether oxygens (including phenoxy) is 2. The van der Waals surface area contributed by atoms with Crippen LogP contribution >= 0.6 is 0 Å². The molecule has 8 unspecified atom stereocenters. The van der Waals surface area contributed by atoms with Gasteiger partial charge in [0.2, 0.25) is 0 Å². The lowest BCUT2D eigenvalue weighted by Crippen LogP contribution is -2.37. The van der Waals surface area contributed by atoms with Crippen molar-refractivity contribution >= 4 is 11.9 Å². The van der Waals surface area contributed by atoms with Crippen LogP contribution in [0.5, 0.6) is 0 Å². The van der Waals surface area contributed by atoms with Gasteiger partial charge in [0.05, 0.1) is 13.2 Å². The third-order valence-electron chi connectivity index (χ3n) is 8.06. The molecule has 0 heterocycles. The monoisotopic (exact) mass is 388 g/mol. The number of rotatable bonds is 10. The Morgan fingerprint density at radius 3 is 1.68 bits per heavy atom. The fourth-order valence-electron chi connectivity index (χ4n) is 7.29. The average Bonchev–Trinajstić information content (AvgIpc) is 3.45. The summed E-state index contributed by atoms with van der Waals surface area (Å²) in [6, 6.07) is 0. The summed E-state index contributed by atoms with van der Waals surface area (Å²) in [5, 5.41) is 0. The smallest absolute Gasteiger partial charge is 0.305 e. The van der Waals surface area contributed by atoms with Gasteiger partial charge >= 0.3 is 11.9 Å². The molecule has 0 aliphatic heterocycles. The standard InChI is InChI=1S/C24H36O4/c1-3-11-27-21(25)9-7-17-18(8-10-22(26)28-12-4-2)20-14-19(17)23-15-5-6-16(13-15)24(20)23/h5-6,15-20,23-24H,3-4,7-14H2,1-2H3. The Hall–Kier alpha value is -1.32. The summed E-state index contributed by atoms with van der Waals surface area (Å²) in [6.45, 7) is 5.11. The molecule has 4 bridgehead atoms. The van der Waals surface area contributed by atoms with E-state index >= 15 is 0 Å². The van der Waals surface area contributed by atoms with Gasteiger partial charge in [0.25, 0.3) is 0 Å². The van der Waals surface area contributed by atoms with Crippen molar-refractivity contribution in [1.82, 2.24) is 0 Å². The lowest BCUT2D eigenvalue weighted by molar-refractivity contribution is -0.146. The Balaban J connectivity index is 1.40. The highest BCUT2D eigenvalue weighted by Crippen LogP contribution is 2.69. The maximum absolute atomic E-state index is 12.1. The molecule has 0 N–H and O–H groups in total. The van der Waals surface area contributed by atoms with Crippen LogP contribution < -0.4 is 0 Å². The van der Waals surface area contributed by atoms with Crippen LogP contribution in [0.1, 0.15) is 65.2 Å². The maximum atomic E-state index is 12.1. The van der Waals surface area contributed by atoms with E-state index in [0.29, 0.717) is 37.9 Å². The summed E-state index contributed by atoms with van der Waals surface area (Å²) >= 11 is 0. The molecule has 0 amide bonds. The van der Waals surface area contributed by atoms with E-state index in [1.54, 1.807) is 0 Å². The summed E-state index contributed by atoms with van der Waals surface area (Å²) in [7, 11) is 0. The van der Waals surface area contributed by atoms with Crippen LogP contribution in [0.25, 0.3) is 0 Å². The van der Waals surface area contributed by atoms with Gasteiger partial charge in [0.15, 0.2) is 0 Å². The largest absolute Gasteiger partial charge is 0.466 e. The van der Waals surface area contributed by atoms with E-state index in [0.717, 1.165) is 61.2 Å². The fraction of sp³-hybridized carbons (Fsp3) is 0.833. The molecule has 0 spiro atoms. The third-order valence-corrected chi connectivity index (χ3v) is 8.06. The Labute approximate surface area is 169 Å². The van der Waals surface area contributed by atoms with Crippen LogP contribution in [-0.4, -0.2) is 25.2 Å². The highest BCUT2D eigenvalue weighted by atomic mass is 16.5. The number of allylic oxidation sites excluding steroid dienone is 2. The van der Waals surface area contributed by atoms with Gasteiger partial charge in [0, 0.05) is 12.8 Å². The van der Waals surface area contributed by atoms with Crippen LogP contribution in [0, 0.1) is 47.3 Å². The van der Waals surface area contributed by atoms with Crippen molar-refractivity contribution in [3.05, 3.63) is 12.2 Å². The molecule has 4 heteroatoms. The lowest BCUT2D eigenvalue weighted by atomic mass is 9.63. The first-order valence-electron chi connectivity index (χ1n) is 11.6. The van der Waals surface area contributed by atoms with E-state index in [1.165, 1.54) is 12.8 Å². The van der Waals surface area contributed by atoms with Crippen molar-refractivity contribution in [3.63, 3.8) is 0 Å². The van der Waals surface area contributed by atoms with Crippen molar-refractivity contribution in [2.75, 3.05) is 13.2 Å². The lowest BCUT2D eigenvalue weighted by Gasteiger charge is -2.42. The van der Waals surface area contributed by atoms with Crippen LogP contribution in [0.4, 0.5) is 0 Å². The molecule has 0 radical (unpaired) electrons. The fourth-order valence-corrected chi connectivity index (χ4v) is 7.29. The van der Waals surface area contributed by atoms with Gasteiger partial charge in [-0.2, -0.15) is 0 Å². The zero-order valence-corrected chi connectivity index (χ0v) is 17.5. The predicted molar refractivity (Wildman–Crippen MR) is 107 cm³/mol. The minimum Gasteiger partial charge on any atom is -0.466 e. The van der Waals surface area contributed by atoms with E-state index in [2.05, 4.69) is 12.2 Å². The van der Waals surface area contributed by atoms with Gasteiger partial charge < -0.3 is 9.47 Å². The molecule has 4 aliphatic rings.